The summed E-state index contributed by atoms with van der Waals surface area (Å²) in [5, 5.41) is 9.74. The molecule has 1 aliphatic heterocycles. The van der Waals surface area contributed by atoms with Gasteiger partial charge in [0.15, 0.2) is 0 Å². The Balaban J connectivity index is 1.56. The molecular formula is C26H27N5O4. The van der Waals surface area contributed by atoms with Crippen LogP contribution in [0.2, 0.25) is 0 Å². The Morgan fingerprint density at radius 3 is 2.54 bits per heavy atom. The van der Waals surface area contributed by atoms with E-state index in [2.05, 4.69) is 9.97 Å². The summed E-state index contributed by atoms with van der Waals surface area (Å²) in [4.78, 5) is 50.2. The molecule has 1 unspecified atom stereocenters. The number of nitrogens with two attached hydrogens (primary N) is 1. The molecule has 4 rings (SSSR count). The number of hydrogen-bond acceptors (Lipinski definition) is 6. The minimum absolute atomic E-state index is 0.0254. The van der Waals surface area contributed by atoms with E-state index in [1.807, 2.05) is 18.2 Å². The Labute approximate surface area is 203 Å². The fourth-order valence-electron chi connectivity index (χ4n) is 4.29. The number of primary amides is 1. The standard InChI is InChI=1S/C26H27N5O4/c27-24(33)22-10-4-11-23(29-22)26(35)31(17-19-7-1-2-13-28-19)20-8-5-14-30(15-12-20)25(34)18-6-3-9-21(32)16-18/h1-4,6-7,9-11,13,16,20,32H,5,8,12,14-15,17H2,(H2,27,33). The van der Waals surface area contributed by atoms with Crippen molar-refractivity contribution in [3.05, 3.63) is 89.5 Å². The molecule has 0 bridgehead atoms. The third kappa shape index (κ3) is 5.81. The average Bonchev–Trinajstić information content (AvgIpc) is 3.13. The molecule has 1 fully saturated rings. The number of nitrogens with zero attached hydrogens (tertiary/aromatic N) is 4. The third-order valence-corrected chi connectivity index (χ3v) is 6.06. The monoisotopic (exact) mass is 473 g/mol. The summed E-state index contributed by atoms with van der Waals surface area (Å²) >= 11 is 0. The lowest BCUT2D eigenvalue weighted by Crippen LogP contribution is -2.41. The van der Waals surface area contributed by atoms with E-state index in [1.54, 1.807) is 40.3 Å². The number of carbonyl (C=O) groups is 3. The van der Waals surface area contributed by atoms with Gasteiger partial charge < -0.3 is 20.6 Å². The summed E-state index contributed by atoms with van der Waals surface area (Å²) in [6.45, 7) is 1.28. The van der Waals surface area contributed by atoms with Crippen molar-refractivity contribution in [1.82, 2.24) is 19.8 Å². The van der Waals surface area contributed by atoms with E-state index in [0.29, 0.717) is 37.9 Å². The number of pyridine rings is 2. The molecule has 9 nitrogen and oxygen atoms in total. The van der Waals surface area contributed by atoms with E-state index in [4.69, 9.17) is 5.73 Å². The number of carbonyl (C=O) groups excluding carboxylic acids is 3. The predicted molar refractivity (Wildman–Crippen MR) is 129 cm³/mol. The number of amides is 3. The van der Waals surface area contributed by atoms with Gasteiger partial charge in [-0.15, -0.1) is 0 Å². The second-order valence-electron chi connectivity index (χ2n) is 8.45. The lowest BCUT2D eigenvalue weighted by atomic mass is 10.1. The Morgan fingerprint density at radius 1 is 1.00 bits per heavy atom. The van der Waals surface area contributed by atoms with Crippen LogP contribution in [0.25, 0.3) is 0 Å². The Bertz CT molecular complexity index is 1220. The fraction of sp³-hybridized carbons (Fsp3) is 0.269. The molecule has 0 radical (unpaired) electrons. The minimum Gasteiger partial charge on any atom is -0.508 e. The Hall–Kier alpha value is -4.27. The van der Waals surface area contributed by atoms with Crippen molar-refractivity contribution in [3.63, 3.8) is 0 Å². The van der Waals surface area contributed by atoms with Crippen molar-refractivity contribution in [3.8, 4) is 5.75 Å². The molecular weight excluding hydrogens is 446 g/mol. The first-order chi connectivity index (χ1) is 16.9. The van der Waals surface area contributed by atoms with E-state index in [9.17, 15) is 19.5 Å². The number of rotatable bonds is 6. The highest BCUT2D eigenvalue weighted by atomic mass is 16.3. The molecule has 2 aromatic heterocycles. The summed E-state index contributed by atoms with van der Waals surface area (Å²) in [7, 11) is 0. The molecule has 3 amide bonds. The van der Waals surface area contributed by atoms with Gasteiger partial charge in [-0.05, 0) is 61.7 Å². The number of benzene rings is 1. The molecule has 35 heavy (non-hydrogen) atoms. The highest BCUT2D eigenvalue weighted by Gasteiger charge is 2.30. The zero-order valence-electron chi connectivity index (χ0n) is 19.2. The zero-order valence-corrected chi connectivity index (χ0v) is 19.2. The number of aromatic nitrogens is 2. The maximum absolute atomic E-state index is 13.6. The van der Waals surface area contributed by atoms with Crippen molar-refractivity contribution in [1.29, 1.82) is 0 Å². The minimum atomic E-state index is -0.702. The third-order valence-electron chi connectivity index (χ3n) is 6.06. The summed E-state index contributed by atoms with van der Waals surface area (Å²) in [5.74, 6) is -1.13. The summed E-state index contributed by atoms with van der Waals surface area (Å²) in [5.41, 5.74) is 6.67. The smallest absolute Gasteiger partial charge is 0.273 e. The number of likely N-dealkylation sites (tertiary alicyclic amines) is 1. The average molecular weight is 474 g/mol. The predicted octanol–water partition coefficient (Wildman–Crippen LogP) is 2.62. The van der Waals surface area contributed by atoms with Crippen LogP contribution >= 0.6 is 0 Å². The van der Waals surface area contributed by atoms with Gasteiger partial charge in [0.05, 0.1) is 12.2 Å². The van der Waals surface area contributed by atoms with Crippen molar-refractivity contribution in [2.45, 2.75) is 31.8 Å². The number of phenolic OH excluding ortho intramolecular Hbond substituents is 1. The van der Waals surface area contributed by atoms with Crippen molar-refractivity contribution in [2.24, 2.45) is 5.73 Å². The maximum Gasteiger partial charge on any atom is 0.273 e. The van der Waals surface area contributed by atoms with Crippen LogP contribution in [-0.4, -0.2) is 61.7 Å². The van der Waals surface area contributed by atoms with Gasteiger partial charge in [-0.3, -0.25) is 19.4 Å². The van der Waals surface area contributed by atoms with Gasteiger partial charge in [0.2, 0.25) is 0 Å². The molecule has 3 N–H and O–H groups in total. The number of hydrogen-bond donors (Lipinski definition) is 2. The Morgan fingerprint density at radius 2 is 1.80 bits per heavy atom. The van der Waals surface area contributed by atoms with Crippen LogP contribution in [-0.2, 0) is 6.54 Å². The molecule has 3 aromatic rings. The van der Waals surface area contributed by atoms with E-state index in [1.165, 1.54) is 18.2 Å². The summed E-state index contributed by atoms with van der Waals surface area (Å²) < 4.78 is 0. The second-order valence-corrected chi connectivity index (χ2v) is 8.45. The quantitative estimate of drug-likeness (QED) is 0.566. The van der Waals surface area contributed by atoms with Crippen LogP contribution in [0.3, 0.4) is 0 Å². The SMILES string of the molecule is NC(=O)c1cccc(C(=O)N(Cc2ccccn2)C2CCCN(C(=O)c3cccc(O)c3)CC2)n1. The van der Waals surface area contributed by atoms with Gasteiger partial charge in [0, 0.05) is 30.9 Å². The van der Waals surface area contributed by atoms with Gasteiger partial charge in [-0.2, -0.15) is 0 Å². The normalized spacial score (nSPS) is 15.8. The van der Waals surface area contributed by atoms with Crippen LogP contribution in [0.15, 0.2) is 66.9 Å². The lowest BCUT2D eigenvalue weighted by Gasteiger charge is -2.31. The lowest BCUT2D eigenvalue weighted by molar-refractivity contribution is 0.0629. The molecule has 180 valence electrons. The maximum atomic E-state index is 13.6. The van der Waals surface area contributed by atoms with Crippen LogP contribution in [0.4, 0.5) is 0 Å². The van der Waals surface area contributed by atoms with Gasteiger partial charge in [-0.25, -0.2) is 4.98 Å². The number of aromatic hydroxyl groups is 1. The van der Waals surface area contributed by atoms with E-state index >= 15 is 0 Å². The van der Waals surface area contributed by atoms with Crippen LogP contribution in [0, 0.1) is 0 Å². The molecule has 1 saturated heterocycles. The molecule has 1 aliphatic rings. The largest absolute Gasteiger partial charge is 0.508 e. The van der Waals surface area contributed by atoms with Crippen molar-refractivity contribution >= 4 is 17.7 Å². The van der Waals surface area contributed by atoms with E-state index in [0.717, 1.165) is 5.69 Å². The van der Waals surface area contributed by atoms with Gasteiger partial charge >= 0.3 is 0 Å². The van der Waals surface area contributed by atoms with Gasteiger partial charge in [-0.1, -0.05) is 18.2 Å². The molecule has 1 atom stereocenters. The fourth-order valence-corrected chi connectivity index (χ4v) is 4.29. The van der Waals surface area contributed by atoms with Crippen molar-refractivity contribution in [2.75, 3.05) is 13.1 Å². The van der Waals surface area contributed by atoms with Crippen LogP contribution in [0.1, 0.15) is 56.3 Å². The first-order valence-corrected chi connectivity index (χ1v) is 11.5. The Kier molecular flexibility index (Phi) is 7.35. The van der Waals surface area contributed by atoms with Crippen LogP contribution < -0.4 is 5.73 Å². The first-order valence-electron chi connectivity index (χ1n) is 11.5. The first kappa shape index (κ1) is 23.9. The number of phenols is 1. The van der Waals surface area contributed by atoms with Gasteiger partial charge in [0.25, 0.3) is 17.7 Å². The van der Waals surface area contributed by atoms with Gasteiger partial charge in [0.1, 0.15) is 17.1 Å². The summed E-state index contributed by atoms with van der Waals surface area (Å²) in [6, 6.07) is 16.3. The molecule has 9 heteroatoms. The molecule has 0 aliphatic carbocycles. The molecule has 0 spiro atoms. The molecule has 1 aromatic carbocycles. The summed E-state index contributed by atoms with van der Waals surface area (Å²) in [6.07, 6.45) is 3.64. The molecule has 3 heterocycles. The second kappa shape index (κ2) is 10.8. The topological polar surface area (TPSA) is 130 Å². The van der Waals surface area contributed by atoms with Crippen molar-refractivity contribution < 1.29 is 19.5 Å². The van der Waals surface area contributed by atoms with Crippen LogP contribution in [0.5, 0.6) is 5.75 Å². The zero-order chi connectivity index (χ0) is 24.8. The molecule has 0 saturated carbocycles. The highest BCUT2D eigenvalue weighted by Crippen LogP contribution is 2.23. The van der Waals surface area contributed by atoms with E-state index < -0.39 is 5.91 Å². The van der Waals surface area contributed by atoms with E-state index in [-0.39, 0.29) is 41.5 Å². The highest BCUT2D eigenvalue weighted by molar-refractivity contribution is 5.96.